The Morgan fingerprint density at radius 2 is 1.69 bits per heavy atom. The van der Waals surface area contributed by atoms with Gasteiger partial charge >= 0.3 is 0 Å². The number of nitrogens with zero attached hydrogens (tertiary/aromatic N) is 1. The van der Waals surface area contributed by atoms with Crippen LogP contribution in [0.15, 0.2) is 42.5 Å². The predicted molar refractivity (Wildman–Crippen MR) is 100 cm³/mol. The Labute approximate surface area is 154 Å². The first-order valence-electron chi connectivity index (χ1n) is 8.77. The van der Waals surface area contributed by atoms with Gasteiger partial charge in [0, 0.05) is 19.0 Å². The quantitative estimate of drug-likeness (QED) is 0.798. The number of carbonyl (C=O) groups is 1. The molecule has 1 saturated heterocycles. The topological polar surface area (TPSA) is 48.0 Å². The molecule has 1 fully saturated rings. The zero-order valence-corrected chi connectivity index (χ0v) is 15.5. The van der Waals surface area contributed by atoms with Gasteiger partial charge in [-0.05, 0) is 29.7 Å². The normalized spacial score (nSPS) is 16.4. The maximum atomic E-state index is 12.8. The Hall–Kier alpha value is -2.69. The molecule has 1 heterocycles. The van der Waals surface area contributed by atoms with Gasteiger partial charge in [0.1, 0.15) is 0 Å². The lowest BCUT2D eigenvalue weighted by Gasteiger charge is -2.18. The zero-order chi connectivity index (χ0) is 18.5. The van der Waals surface area contributed by atoms with E-state index in [0.29, 0.717) is 29.6 Å². The maximum absolute atomic E-state index is 12.8. The van der Waals surface area contributed by atoms with Crippen molar-refractivity contribution in [2.75, 3.05) is 34.4 Å². The van der Waals surface area contributed by atoms with E-state index in [-0.39, 0.29) is 5.91 Å². The molecule has 0 spiro atoms. The van der Waals surface area contributed by atoms with Crippen molar-refractivity contribution < 1.29 is 19.0 Å². The number of likely N-dealkylation sites (tertiary alicyclic amines) is 1. The fraction of sp³-hybridized carbons (Fsp3) is 0.381. The average Bonchev–Trinajstić information content (AvgIpc) is 3.18. The van der Waals surface area contributed by atoms with Crippen molar-refractivity contribution in [1.82, 2.24) is 4.90 Å². The smallest absolute Gasteiger partial charge is 0.227 e. The standard InChI is InChI=1S/C21H25NO4/c1-24-18-11-15(12-19(25-2)21(18)26-3)13-20(23)22-10-9-17(14-22)16-7-5-4-6-8-16/h4-8,11-12,17H,9-10,13-14H2,1-3H3. The van der Waals surface area contributed by atoms with Gasteiger partial charge in [-0.25, -0.2) is 0 Å². The lowest BCUT2D eigenvalue weighted by molar-refractivity contribution is -0.129. The van der Waals surface area contributed by atoms with Gasteiger partial charge in [0.15, 0.2) is 11.5 Å². The number of amides is 1. The van der Waals surface area contributed by atoms with Crippen LogP contribution in [0, 0.1) is 0 Å². The van der Waals surface area contributed by atoms with Crippen LogP contribution in [0.2, 0.25) is 0 Å². The molecule has 0 aromatic heterocycles. The molecular weight excluding hydrogens is 330 g/mol. The Morgan fingerprint density at radius 1 is 1.04 bits per heavy atom. The Bertz CT molecular complexity index is 735. The number of methoxy groups -OCH3 is 3. The molecule has 26 heavy (non-hydrogen) atoms. The molecule has 1 atom stereocenters. The van der Waals surface area contributed by atoms with Crippen molar-refractivity contribution in [2.24, 2.45) is 0 Å². The summed E-state index contributed by atoms with van der Waals surface area (Å²) >= 11 is 0. The van der Waals surface area contributed by atoms with Gasteiger partial charge in [0.2, 0.25) is 11.7 Å². The molecule has 0 aliphatic carbocycles. The number of hydrogen-bond donors (Lipinski definition) is 0. The first-order valence-corrected chi connectivity index (χ1v) is 8.77. The number of hydrogen-bond acceptors (Lipinski definition) is 4. The zero-order valence-electron chi connectivity index (χ0n) is 15.5. The number of ether oxygens (including phenoxy) is 3. The van der Waals surface area contributed by atoms with Crippen molar-refractivity contribution in [3.63, 3.8) is 0 Å². The van der Waals surface area contributed by atoms with E-state index in [1.807, 2.05) is 23.1 Å². The van der Waals surface area contributed by atoms with E-state index < -0.39 is 0 Å². The van der Waals surface area contributed by atoms with Crippen molar-refractivity contribution in [1.29, 1.82) is 0 Å². The molecule has 138 valence electrons. The Kier molecular flexibility index (Phi) is 5.66. The molecule has 0 radical (unpaired) electrons. The summed E-state index contributed by atoms with van der Waals surface area (Å²) in [6, 6.07) is 14.1. The molecule has 5 nitrogen and oxygen atoms in total. The molecule has 2 aromatic carbocycles. The van der Waals surface area contributed by atoms with Crippen LogP contribution in [-0.4, -0.2) is 45.2 Å². The Balaban J connectivity index is 1.70. The summed E-state index contributed by atoms with van der Waals surface area (Å²) in [5.74, 6) is 2.21. The second-order valence-corrected chi connectivity index (χ2v) is 6.45. The highest BCUT2D eigenvalue weighted by Crippen LogP contribution is 2.38. The van der Waals surface area contributed by atoms with Gasteiger partial charge in [-0.3, -0.25) is 4.79 Å². The molecule has 0 saturated carbocycles. The van der Waals surface area contributed by atoms with Crippen LogP contribution in [0.1, 0.15) is 23.5 Å². The number of benzene rings is 2. The van der Waals surface area contributed by atoms with E-state index in [9.17, 15) is 4.79 Å². The Morgan fingerprint density at radius 3 is 2.27 bits per heavy atom. The summed E-state index contributed by atoms with van der Waals surface area (Å²) < 4.78 is 16.1. The van der Waals surface area contributed by atoms with E-state index in [1.165, 1.54) is 5.56 Å². The first kappa shape index (κ1) is 18.1. The summed E-state index contributed by atoms with van der Waals surface area (Å²) in [6.45, 7) is 1.57. The van der Waals surface area contributed by atoms with Crippen LogP contribution < -0.4 is 14.2 Å². The summed E-state index contributed by atoms with van der Waals surface area (Å²) in [4.78, 5) is 14.7. The summed E-state index contributed by atoms with van der Waals surface area (Å²) in [6.07, 6.45) is 1.32. The van der Waals surface area contributed by atoms with Crippen molar-refractivity contribution in [2.45, 2.75) is 18.8 Å². The summed E-state index contributed by atoms with van der Waals surface area (Å²) in [7, 11) is 4.72. The molecule has 1 aliphatic heterocycles. The predicted octanol–water partition coefficient (Wildman–Crippen LogP) is 3.27. The van der Waals surface area contributed by atoms with E-state index >= 15 is 0 Å². The van der Waals surface area contributed by atoms with Crippen LogP contribution >= 0.6 is 0 Å². The van der Waals surface area contributed by atoms with Gasteiger partial charge < -0.3 is 19.1 Å². The van der Waals surface area contributed by atoms with Crippen LogP contribution in [0.25, 0.3) is 0 Å². The van der Waals surface area contributed by atoms with Crippen molar-refractivity contribution in [3.05, 3.63) is 53.6 Å². The third-order valence-electron chi connectivity index (χ3n) is 4.89. The van der Waals surface area contributed by atoms with E-state index in [2.05, 4.69) is 24.3 Å². The minimum Gasteiger partial charge on any atom is -0.493 e. The monoisotopic (exact) mass is 355 g/mol. The first-order chi connectivity index (χ1) is 12.7. The SMILES string of the molecule is COc1cc(CC(=O)N2CCC(c3ccccc3)C2)cc(OC)c1OC. The largest absolute Gasteiger partial charge is 0.493 e. The van der Waals surface area contributed by atoms with Gasteiger partial charge in [-0.1, -0.05) is 30.3 Å². The highest BCUT2D eigenvalue weighted by atomic mass is 16.5. The third-order valence-corrected chi connectivity index (χ3v) is 4.89. The molecule has 1 unspecified atom stereocenters. The van der Waals surface area contributed by atoms with Gasteiger partial charge in [-0.2, -0.15) is 0 Å². The molecule has 5 heteroatoms. The molecule has 3 rings (SSSR count). The van der Waals surface area contributed by atoms with Crippen LogP contribution in [0.4, 0.5) is 0 Å². The van der Waals surface area contributed by atoms with E-state index in [0.717, 1.165) is 25.1 Å². The second-order valence-electron chi connectivity index (χ2n) is 6.45. The van der Waals surface area contributed by atoms with Crippen LogP contribution in [0.3, 0.4) is 0 Å². The van der Waals surface area contributed by atoms with Gasteiger partial charge in [-0.15, -0.1) is 0 Å². The highest BCUT2D eigenvalue weighted by Gasteiger charge is 2.27. The van der Waals surface area contributed by atoms with Crippen LogP contribution in [0.5, 0.6) is 17.2 Å². The molecule has 2 aromatic rings. The van der Waals surface area contributed by atoms with Gasteiger partial charge in [0.25, 0.3) is 0 Å². The van der Waals surface area contributed by atoms with Crippen LogP contribution in [-0.2, 0) is 11.2 Å². The molecule has 1 amide bonds. The molecule has 0 bridgehead atoms. The minimum absolute atomic E-state index is 0.123. The average molecular weight is 355 g/mol. The lowest BCUT2D eigenvalue weighted by Crippen LogP contribution is -2.29. The maximum Gasteiger partial charge on any atom is 0.227 e. The molecule has 1 aliphatic rings. The molecular formula is C21H25NO4. The van der Waals surface area contributed by atoms with E-state index in [4.69, 9.17) is 14.2 Å². The fourth-order valence-corrected chi connectivity index (χ4v) is 3.51. The number of rotatable bonds is 6. The van der Waals surface area contributed by atoms with Crippen molar-refractivity contribution >= 4 is 5.91 Å². The summed E-state index contributed by atoms with van der Waals surface area (Å²) in [5.41, 5.74) is 2.16. The van der Waals surface area contributed by atoms with Gasteiger partial charge in [0.05, 0.1) is 27.8 Å². The van der Waals surface area contributed by atoms with E-state index in [1.54, 1.807) is 21.3 Å². The minimum atomic E-state index is 0.123. The number of carbonyl (C=O) groups excluding carboxylic acids is 1. The molecule has 0 N–H and O–H groups in total. The summed E-state index contributed by atoms with van der Waals surface area (Å²) in [5, 5.41) is 0. The second kappa shape index (κ2) is 8.13. The third kappa shape index (κ3) is 3.77. The highest BCUT2D eigenvalue weighted by molar-refractivity contribution is 5.79. The lowest BCUT2D eigenvalue weighted by atomic mass is 9.99. The van der Waals surface area contributed by atoms with Crippen molar-refractivity contribution in [3.8, 4) is 17.2 Å². The fourth-order valence-electron chi connectivity index (χ4n) is 3.51.